The van der Waals surface area contributed by atoms with Gasteiger partial charge in [0.15, 0.2) is 0 Å². The van der Waals surface area contributed by atoms with Gasteiger partial charge in [-0.05, 0) is 44.9 Å². The van der Waals surface area contributed by atoms with Gasteiger partial charge in [-0.15, -0.1) is 0 Å². The highest BCUT2D eigenvalue weighted by Gasteiger charge is 2.05. The molecule has 0 atom stereocenters. The summed E-state index contributed by atoms with van der Waals surface area (Å²) < 4.78 is 2.08. The summed E-state index contributed by atoms with van der Waals surface area (Å²) in [7, 11) is 2.02. The highest BCUT2D eigenvalue weighted by atomic mass is 16.2. The number of hydrogen-bond acceptors (Lipinski definition) is 2. The second-order valence-corrected chi connectivity index (χ2v) is 5.35. The van der Waals surface area contributed by atoms with Crippen molar-refractivity contribution >= 4 is 17.1 Å². The number of fused-ring (bicyclic) bond motifs is 1. The molecule has 20 heavy (non-hydrogen) atoms. The van der Waals surface area contributed by atoms with Crippen molar-refractivity contribution in [2.24, 2.45) is 7.05 Å². The van der Waals surface area contributed by atoms with Crippen LogP contribution < -0.4 is 10.6 Å². The molecule has 1 aromatic heterocycles. The van der Waals surface area contributed by atoms with E-state index < -0.39 is 0 Å². The van der Waals surface area contributed by atoms with Crippen LogP contribution in [0.2, 0.25) is 0 Å². The molecule has 2 rings (SSSR count). The van der Waals surface area contributed by atoms with Crippen molar-refractivity contribution in [3.63, 3.8) is 0 Å². The number of nitrogens with one attached hydrogen (secondary N) is 2. The first-order valence-electron chi connectivity index (χ1n) is 6.93. The molecular formula is C15H22N4O. The lowest BCUT2D eigenvalue weighted by atomic mass is 10.1. The summed E-state index contributed by atoms with van der Waals surface area (Å²) >= 11 is 0. The molecule has 2 N–H and O–H groups in total. The molecule has 2 amide bonds. The molecule has 5 nitrogen and oxygen atoms in total. The fourth-order valence-corrected chi connectivity index (χ4v) is 2.15. The average Bonchev–Trinajstić information content (AvgIpc) is 2.64. The number of aryl methyl sites for hydroxylation is 2. The highest BCUT2D eigenvalue weighted by molar-refractivity contribution is 5.77. The quantitative estimate of drug-likeness (QED) is 0.897. The minimum absolute atomic E-state index is 0.116. The van der Waals surface area contributed by atoms with Crippen LogP contribution >= 0.6 is 0 Å². The summed E-state index contributed by atoms with van der Waals surface area (Å²) in [5.41, 5.74) is 3.33. The Kier molecular flexibility index (Phi) is 4.27. The second-order valence-electron chi connectivity index (χ2n) is 5.35. The SMILES string of the molecule is Cc1nc2cc(CCNC(=O)NC(C)C)ccc2n1C. The van der Waals surface area contributed by atoms with Crippen LogP contribution in [0, 0.1) is 6.92 Å². The fourth-order valence-electron chi connectivity index (χ4n) is 2.15. The van der Waals surface area contributed by atoms with E-state index in [4.69, 9.17) is 0 Å². The van der Waals surface area contributed by atoms with Gasteiger partial charge in [-0.3, -0.25) is 0 Å². The normalized spacial score (nSPS) is 11.1. The van der Waals surface area contributed by atoms with E-state index in [0.29, 0.717) is 6.54 Å². The topological polar surface area (TPSA) is 59.0 Å². The van der Waals surface area contributed by atoms with Gasteiger partial charge in [-0.1, -0.05) is 6.07 Å². The zero-order chi connectivity index (χ0) is 14.7. The van der Waals surface area contributed by atoms with Crippen LogP contribution in [-0.4, -0.2) is 28.2 Å². The van der Waals surface area contributed by atoms with Crippen molar-refractivity contribution in [3.8, 4) is 0 Å². The number of aromatic nitrogens is 2. The van der Waals surface area contributed by atoms with Crippen molar-refractivity contribution in [2.75, 3.05) is 6.54 Å². The lowest BCUT2D eigenvalue weighted by Crippen LogP contribution is -2.40. The Balaban J connectivity index is 1.95. The molecule has 0 aliphatic carbocycles. The van der Waals surface area contributed by atoms with E-state index in [1.165, 1.54) is 5.56 Å². The lowest BCUT2D eigenvalue weighted by molar-refractivity contribution is 0.238. The van der Waals surface area contributed by atoms with Crippen LogP contribution in [0.15, 0.2) is 18.2 Å². The number of benzene rings is 1. The Morgan fingerprint density at radius 1 is 1.40 bits per heavy atom. The van der Waals surface area contributed by atoms with Gasteiger partial charge >= 0.3 is 6.03 Å². The van der Waals surface area contributed by atoms with Crippen LogP contribution in [0.4, 0.5) is 4.79 Å². The second kappa shape index (κ2) is 5.94. The van der Waals surface area contributed by atoms with E-state index in [2.05, 4.69) is 38.4 Å². The maximum atomic E-state index is 11.5. The van der Waals surface area contributed by atoms with E-state index in [0.717, 1.165) is 23.3 Å². The third-order valence-corrected chi connectivity index (χ3v) is 3.29. The van der Waals surface area contributed by atoms with Gasteiger partial charge in [0, 0.05) is 19.6 Å². The summed E-state index contributed by atoms with van der Waals surface area (Å²) in [6, 6.07) is 6.30. The molecule has 0 bridgehead atoms. The van der Waals surface area contributed by atoms with Gasteiger partial charge in [0.05, 0.1) is 11.0 Å². The van der Waals surface area contributed by atoms with Gasteiger partial charge in [0.2, 0.25) is 0 Å². The van der Waals surface area contributed by atoms with Crippen LogP contribution in [-0.2, 0) is 13.5 Å². The zero-order valence-electron chi connectivity index (χ0n) is 12.5. The number of amides is 2. The van der Waals surface area contributed by atoms with Gasteiger partial charge in [-0.25, -0.2) is 9.78 Å². The van der Waals surface area contributed by atoms with Gasteiger partial charge < -0.3 is 15.2 Å². The maximum Gasteiger partial charge on any atom is 0.314 e. The Labute approximate surface area is 119 Å². The zero-order valence-corrected chi connectivity index (χ0v) is 12.5. The first kappa shape index (κ1) is 14.4. The molecule has 5 heteroatoms. The van der Waals surface area contributed by atoms with E-state index >= 15 is 0 Å². The third kappa shape index (κ3) is 3.29. The van der Waals surface area contributed by atoms with E-state index in [-0.39, 0.29) is 12.1 Å². The Morgan fingerprint density at radius 2 is 2.15 bits per heavy atom. The molecule has 1 heterocycles. The van der Waals surface area contributed by atoms with Crippen molar-refractivity contribution in [3.05, 3.63) is 29.6 Å². The molecule has 1 aromatic carbocycles. The molecule has 0 fully saturated rings. The standard InChI is InChI=1S/C15H22N4O/c1-10(2)17-15(20)16-8-7-12-5-6-14-13(9-12)18-11(3)19(14)4/h5-6,9-10H,7-8H2,1-4H3,(H2,16,17,20). The molecule has 0 spiro atoms. The van der Waals surface area contributed by atoms with E-state index in [9.17, 15) is 4.79 Å². The van der Waals surface area contributed by atoms with Gasteiger partial charge in [-0.2, -0.15) is 0 Å². The van der Waals surface area contributed by atoms with Crippen molar-refractivity contribution < 1.29 is 4.79 Å². The van der Waals surface area contributed by atoms with E-state index in [1.54, 1.807) is 0 Å². The molecule has 0 aliphatic rings. The summed E-state index contributed by atoms with van der Waals surface area (Å²) in [5, 5.41) is 5.66. The minimum atomic E-state index is -0.116. The number of rotatable bonds is 4. The molecule has 0 unspecified atom stereocenters. The number of carbonyl (C=O) groups is 1. The van der Waals surface area contributed by atoms with Crippen LogP contribution in [0.3, 0.4) is 0 Å². The molecule has 0 saturated heterocycles. The Morgan fingerprint density at radius 3 is 2.85 bits per heavy atom. The Hall–Kier alpha value is -2.04. The van der Waals surface area contributed by atoms with E-state index in [1.807, 2.05) is 27.8 Å². The molecule has 2 aromatic rings. The fraction of sp³-hybridized carbons (Fsp3) is 0.467. The van der Waals surface area contributed by atoms with Crippen molar-refractivity contribution in [1.29, 1.82) is 0 Å². The third-order valence-electron chi connectivity index (χ3n) is 3.29. The summed E-state index contributed by atoms with van der Waals surface area (Å²) in [6.07, 6.45) is 0.803. The number of urea groups is 1. The summed E-state index contributed by atoms with van der Waals surface area (Å²) in [6.45, 7) is 6.50. The lowest BCUT2D eigenvalue weighted by Gasteiger charge is -2.10. The molecule has 0 aliphatic heterocycles. The predicted molar refractivity (Wildman–Crippen MR) is 80.8 cm³/mol. The number of imidazole rings is 1. The van der Waals surface area contributed by atoms with Crippen molar-refractivity contribution in [2.45, 2.75) is 33.2 Å². The van der Waals surface area contributed by atoms with Crippen molar-refractivity contribution in [1.82, 2.24) is 20.2 Å². The smallest absolute Gasteiger partial charge is 0.314 e. The number of nitrogens with zero attached hydrogens (tertiary/aromatic N) is 2. The van der Waals surface area contributed by atoms with Gasteiger partial charge in [0.25, 0.3) is 0 Å². The highest BCUT2D eigenvalue weighted by Crippen LogP contribution is 2.16. The van der Waals surface area contributed by atoms with Crippen LogP contribution in [0.5, 0.6) is 0 Å². The Bertz CT molecular complexity index is 616. The maximum absolute atomic E-state index is 11.5. The monoisotopic (exact) mass is 274 g/mol. The largest absolute Gasteiger partial charge is 0.338 e. The van der Waals surface area contributed by atoms with Crippen LogP contribution in [0.25, 0.3) is 11.0 Å². The predicted octanol–water partition coefficient (Wildman–Crippen LogP) is 2.13. The molecular weight excluding hydrogens is 252 g/mol. The minimum Gasteiger partial charge on any atom is -0.338 e. The summed E-state index contributed by atoms with van der Waals surface area (Å²) in [4.78, 5) is 16.0. The molecule has 108 valence electrons. The summed E-state index contributed by atoms with van der Waals surface area (Å²) in [5.74, 6) is 1.01. The van der Waals surface area contributed by atoms with Crippen LogP contribution in [0.1, 0.15) is 25.2 Å². The van der Waals surface area contributed by atoms with Gasteiger partial charge in [0.1, 0.15) is 5.82 Å². The first-order chi connectivity index (χ1) is 9.47. The average molecular weight is 274 g/mol. The number of carbonyl (C=O) groups excluding carboxylic acids is 1. The molecule has 0 saturated carbocycles. The molecule has 0 radical (unpaired) electrons. The number of hydrogen-bond donors (Lipinski definition) is 2. The first-order valence-corrected chi connectivity index (χ1v) is 6.93.